The van der Waals surface area contributed by atoms with Crippen LogP contribution in [0, 0.1) is 13.8 Å². The molecule has 0 unspecified atom stereocenters. The molecule has 1 amide bonds. The highest BCUT2D eigenvalue weighted by atomic mass is 16.5. The zero-order valence-corrected chi connectivity index (χ0v) is 10.9. The summed E-state index contributed by atoms with van der Waals surface area (Å²) in [6.07, 6.45) is 0. The number of likely N-dealkylation sites (N-methyl/N-ethyl adjacent to an activating group) is 1. The molecule has 1 rings (SSSR count). The van der Waals surface area contributed by atoms with Crippen LogP contribution in [-0.4, -0.2) is 26.1 Å². The van der Waals surface area contributed by atoms with E-state index >= 15 is 0 Å². The van der Waals surface area contributed by atoms with Crippen molar-refractivity contribution in [2.24, 2.45) is 0 Å². The Hall–Kier alpha value is -1.55. The zero-order valence-electron chi connectivity index (χ0n) is 10.9. The van der Waals surface area contributed by atoms with Crippen molar-refractivity contribution in [1.82, 2.24) is 5.32 Å². The number of benzene rings is 1. The summed E-state index contributed by atoms with van der Waals surface area (Å²) in [6.45, 7) is 7.01. The third kappa shape index (κ3) is 3.75. The molecule has 0 radical (unpaired) electrons. The Labute approximate surface area is 102 Å². The number of hydrogen-bond acceptors (Lipinski definition) is 3. The molecule has 0 aliphatic heterocycles. The van der Waals surface area contributed by atoms with Crippen molar-refractivity contribution in [2.45, 2.75) is 20.8 Å². The topological polar surface area (TPSA) is 50.4 Å². The van der Waals surface area contributed by atoms with Crippen LogP contribution in [0.5, 0.6) is 5.75 Å². The number of amides is 1. The number of hydrogen-bond donors (Lipinski definition) is 2. The fourth-order valence-corrected chi connectivity index (χ4v) is 1.67. The Balaban J connectivity index is 2.86. The summed E-state index contributed by atoms with van der Waals surface area (Å²) in [5.41, 5.74) is 2.87. The second kappa shape index (κ2) is 6.25. The maximum Gasteiger partial charge on any atom is 0.238 e. The lowest BCUT2D eigenvalue weighted by Crippen LogP contribution is -2.28. The molecule has 94 valence electrons. The normalized spacial score (nSPS) is 10.1. The maximum atomic E-state index is 11.6. The van der Waals surface area contributed by atoms with Crippen LogP contribution in [0.15, 0.2) is 12.1 Å². The van der Waals surface area contributed by atoms with Crippen LogP contribution in [0.25, 0.3) is 0 Å². The largest absolute Gasteiger partial charge is 0.495 e. The van der Waals surface area contributed by atoms with Gasteiger partial charge < -0.3 is 15.4 Å². The number of methoxy groups -OCH3 is 1. The van der Waals surface area contributed by atoms with E-state index in [1.807, 2.05) is 32.9 Å². The number of carbonyl (C=O) groups is 1. The molecule has 0 saturated heterocycles. The third-order valence-electron chi connectivity index (χ3n) is 2.46. The van der Waals surface area contributed by atoms with Crippen LogP contribution in [0.1, 0.15) is 18.1 Å². The average molecular weight is 236 g/mol. The summed E-state index contributed by atoms with van der Waals surface area (Å²) in [4.78, 5) is 11.6. The molecule has 1 aromatic carbocycles. The van der Waals surface area contributed by atoms with E-state index in [0.717, 1.165) is 23.4 Å². The van der Waals surface area contributed by atoms with Gasteiger partial charge in [0.2, 0.25) is 5.91 Å². The van der Waals surface area contributed by atoms with Crippen LogP contribution in [0.2, 0.25) is 0 Å². The fraction of sp³-hybridized carbons (Fsp3) is 0.462. The van der Waals surface area contributed by atoms with E-state index in [0.29, 0.717) is 12.3 Å². The van der Waals surface area contributed by atoms with E-state index in [-0.39, 0.29) is 5.91 Å². The van der Waals surface area contributed by atoms with E-state index in [4.69, 9.17) is 4.74 Å². The molecular weight excluding hydrogens is 216 g/mol. The van der Waals surface area contributed by atoms with Gasteiger partial charge in [-0.2, -0.15) is 0 Å². The summed E-state index contributed by atoms with van der Waals surface area (Å²) in [7, 11) is 1.61. The van der Waals surface area contributed by atoms with Crippen LogP contribution < -0.4 is 15.4 Å². The average Bonchev–Trinajstić information content (AvgIpc) is 2.29. The van der Waals surface area contributed by atoms with Crippen LogP contribution in [-0.2, 0) is 4.79 Å². The van der Waals surface area contributed by atoms with E-state index < -0.39 is 0 Å². The molecule has 0 aromatic heterocycles. The van der Waals surface area contributed by atoms with Gasteiger partial charge in [-0.1, -0.05) is 13.0 Å². The SMILES string of the molecule is CCNCC(=O)Nc1c(C)cc(C)cc1OC. The number of aryl methyl sites for hydroxylation is 2. The minimum atomic E-state index is -0.0582. The molecule has 4 nitrogen and oxygen atoms in total. The lowest BCUT2D eigenvalue weighted by atomic mass is 10.1. The van der Waals surface area contributed by atoms with E-state index in [1.54, 1.807) is 7.11 Å². The minimum Gasteiger partial charge on any atom is -0.495 e. The highest BCUT2D eigenvalue weighted by Crippen LogP contribution is 2.29. The summed E-state index contributed by atoms with van der Waals surface area (Å²) in [6, 6.07) is 3.93. The van der Waals surface area contributed by atoms with Crippen molar-refractivity contribution in [3.63, 3.8) is 0 Å². The van der Waals surface area contributed by atoms with Gasteiger partial charge in [-0.15, -0.1) is 0 Å². The molecule has 0 heterocycles. The van der Waals surface area contributed by atoms with Gasteiger partial charge >= 0.3 is 0 Å². The minimum absolute atomic E-state index is 0.0582. The van der Waals surface area contributed by atoms with Crippen molar-refractivity contribution in [3.8, 4) is 5.75 Å². The maximum absolute atomic E-state index is 11.6. The zero-order chi connectivity index (χ0) is 12.8. The van der Waals surface area contributed by atoms with Crippen molar-refractivity contribution in [1.29, 1.82) is 0 Å². The van der Waals surface area contributed by atoms with Crippen LogP contribution in [0.3, 0.4) is 0 Å². The smallest absolute Gasteiger partial charge is 0.238 e. The van der Waals surface area contributed by atoms with Crippen molar-refractivity contribution >= 4 is 11.6 Å². The second-order valence-corrected chi connectivity index (χ2v) is 3.99. The number of ether oxygens (including phenoxy) is 1. The van der Waals surface area contributed by atoms with E-state index in [2.05, 4.69) is 10.6 Å². The van der Waals surface area contributed by atoms with E-state index in [1.165, 1.54) is 0 Å². The molecule has 0 fully saturated rings. The molecule has 0 aliphatic carbocycles. The standard InChI is InChI=1S/C13H20N2O2/c1-5-14-8-12(16)15-13-10(3)6-9(2)7-11(13)17-4/h6-7,14H,5,8H2,1-4H3,(H,15,16). The Kier molecular flexibility index (Phi) is 4.97. The first kappa shape index (κ1) is 13.5. The fourth-order valence-electron chi connectivity index (χ4n) is 1.67. The van der Waals surface area contributed by atoms with Crippen molar-refractivity contribution < 1.29 is 9.53 Å². The predicted molar refractivity (Wildman–Crippen MR) is 69.6 cm³/mol. The number of rotatable bonds is 5. The van der Waals surface area contributed by atoms with E-state index in [9.17, 15) is 4.79 Å². The first-order valence-corrected chi connectivity index (χ1v) is 5.74. The second-order valence-electron chi connectivity index (χ2n) is 3.99. The molecule has 2 N–H and O–H groups in total. The quantitative estimate of drug-likeness (QED) is 0.820. The summed E-state index contributed by atoms with van der Waals surface area (Å²) in [5.74, 6) is 0.643. The molecule has 1 aromatic rings. The summed E-state index contributed by atoms with van der Waals surface area (Å²) >= 11 is 0. The number of anilines is 1. The molecule has 0 bridgehead atoms. The van der Waals surface area contributed by atoms with Gasteiger partial charge in [0.1, 0.15) is 5.75 Å². The van der Waals surface area contributed by atoms with Gasteiger partial charge in [0, 0.05) is 0 Å². The van der Waals surface area contributed by atoms with Gasteiger partial charge in [0.15, 0.2) is 0 Å². The molecule has 0 aliphatic rings. The Morgan fingerprint density at radius 2 is 2.06 bits per heavy atom. The first-order chi connectivity index (χ1) is 8.08. The van der Waals surface area contributed by atoms with Crippen molar-refractivity contribution in [2.75, 3.05) is 25.5 Å². The summed E-state index contributed by atoms with van der Waals surface area (Å²) in [5, 5.41) is 5.85. The van der Waals surface area contributed by atoms with Crippen LogP contribution >= 0.6 is 0 Å². The molecule has 0 atom stereocenters. The molecule has 0 saturated carbocycles. The molecular formula is C13H20N2O2. The monoisotopic (exact) mass is 236 g/mol. The van der Waals surface area contributed by atoms with Gasteiger partial charge in [-0.25, -0.2) is 0 Å². The highest BCUT2D eigenvalue weighted by Gasteiger charge is 2.10. The predicted octanol–water partition coefficient (Wildman–Crippen LogP) is 1.86. The Bertz CT molecular complexity index is 403. The van der Waals surface area contributed by atoms with Gasteiger partial charge in [-0.3, -0.25) is 4.79 Å². The lowest BCUT2D eigenvalue weighted by molar-refractivity contribution is -0.115. The molecule has 0 spiro atoms. The molecule has 17 heavy (non-hydrogen) atoms. The van der Waals surface area contributed by atoms with Crippen LogP contribution in [0.4, 0.5) is 5.69 Å². The van der Waals surface area contributed by atoms with Gasteiger partial charge in [0.05, 0.1) is 19.3 Å². The van der Waals surface area contributed by atoms with Gasteiger partial charge in [0.25, 0.3) is 0 Å². The lowest BCUT2D eigenvalue weighted by Gasteiger charge is -2.14. The van der Waals surface area contributed by atoms with Crippen molar-refractivity contribution in [3.05, 3.63) is 23.3 Å². The third-order valence-corrected chi connectivity index (χ3v) is 2.46. The Morgan fingerprint density at radius 3 is 2.65 bits per heavy atom. The number of nitrogens with one attached hydrogen (secondary N) is 2. The highest BCUT2D eigenvalue weighted by molar-refractivity contribution is 5.94. The van der Waals surface area contributed by atoms with Gasteiger partial charge in [-0.05, 0) is 37.6 Å². The molecule has 4 heteroatoms. The first-order valence-electron chi connectivity index (χ1n) is 5.74. The summed E-state index contributed by atoms with van der Waals surface area (Å²) < 4.78 is 5.28. The number of carbonyl (C=O) groups excluding carboxylic acids is 1. The Morgan fingerprint density at radius 1 is 1.35 bits per heavy atom.